The molecule has 0 saturated carbocycles. The molecule has 0 aliphatic carbocycles. The molecule has 4 atom stereocenters. The number of halogens is 1. The van der Waals surface area contributed by atoms with Crippen molar-refractivity contribution in [3.63, 3.8) is 0 Å². The summed E-state index contributed by atoms with van der Waals surface area (Å²) in [5.41, 5.74) is 0.305. The monoisotopic (exact) mass is 521 g/mol. The van der Waals surface area contributed by atoms with Gasteiger partial charge < -0.3 is 19.5 Å². The highest BCUT2D eigenvalue weighted by atomic mass is 79.9. The zero-order chi connectivity index (χ0) is 24.1. The maximum absolute atomic E-state index is 12.9. The van der Waals surface area contributed by atoms with E-state index >= 15 is 0 Å². The number of carbonyl (C=O) groups excluding carboxylic acids is 3. The number of amides is 1. The summed E-state index contributed by atoms with van der Waals surface area (Å²) < 4.78 is 17.6. The predicted octanol–water partition coefficient (Wildman–Crippen LogP) is 2.21. The molecule has 1 aromatic heterocycles. The molecule has 2 aromatic rings. The lowest BCUT2D eigenvalue weighted by Gasteiger charge is -2.22. The number of hydrogen-bond acceptors (Lipinski definition) is 8. The van der Waals surface area contributed by atoms with Crippen LogP contribution in [-0.2, 0) is 30.2 Å². The van der Waals surface area contributed by atoms with Gasteiger partial charge in [0, 0.05) is 31.2 Å². The number of nitrogens with one attached hydrogen (secondary N) is 1. The van der Waals surface area contributed by atoms with Crippen LogP contribution in [0.3, 0.4) is 0 Å². The zero-order valence-electron chi connectivity index (χ0n) is 18.3. The second-order valence-corrected chi connectivity index (χ2v) is 8.42. The number of ether oxygens (including phenoxy) is 3. The number of aromatic nitrogens is 2. The maximum Gasteiger partial charge on any atom is 0.351 e. The quantitative estimate of drug-likeness (QED) is 0.434. The van der Waals surface area contributed by atoms with Crippen LogP contribution in [0.15, 0.2) is 41.3 Å². The Labute approximate surface area is 198 Å². The average molecular weight is 522 g/mol. The molecule has 1 amide bonds. The van der Waals surface area contributed by atoms with Crippen LogP contribution in [0.5, 0.6) is 0 Å². The number of hydrogen-bond donors (Lipinski definition) is 1. The van der Waals surface area contributed by atoms with Crippen molar-refractivity contribution in [2.75, 3.05) is 11.9 Å². The topological polar surface area (TPSA) is 126 Å². The number of anilines is 1. The number of benzene rings is 1. The van der Waals surface area contributed by atoms with Gasteiger partial charge in [-0.3, -0.25) is 19.0 Å². The van der Waals surface area contributed by atoms with Crippen molar-refractivity contribution in [1.29, 1.82) is 0 Å². The van der Waals surface area contributed by atoms with E-state index in [0.29, 0.717) is 17.5 Å². The van der Waals surface area contributed by atoms with Gasteiger partial charge in [0.1, 0.15) is 18.5 Å². The van der Waals surface area contributed by atoms with Crippen LogP contribution in [0, 0.1) is 0 Å². The fourth-order valence-corrected chi connectivity index (χ4v) is 4.04. The molecule has 2 heterocycles. The van der Waals surface area contributed by atoms with E-state index in [1.807, 2.05) is 6.92 Å². The summed E-state index contributed by atoms with van der Waals surface area (Å²) in [7, 11) is 0. The standard InChI is InChI=1S/C22H24BrN3O7/c1-4-14-10-26(22(30)25-19(14)24-20(29)15-8-6-5-7-9-15)21-18(32-13(3)28)17(23)16(33-21)11-31-12(2)27/h5-10,16-18,21H,4,11H2,1-3H3,(H,24,25,29,30)/t16-,17+,18-,21-/m1/s1. The van der Waals surface area contributed by atoms with E-state index in [1.165, 1.54) is 24.6 Å². The molecule has 176 valence electrons. The lowest BCUT2D eigenvalue weighted by Crippen LogP contribution is -2.37. The normalized spacial score (nSPS) is 21.9. The smallest absolute Gasteiger partial charge is 0.351 e. The molecule has 1 aliphatic rings. The van der Waals surface area contributed by atoms with E-state index in [9.17, 15) is 19.2 Å². The van der Waals surface area contributed by atoms with Crippen molar-refractivity contribution in [3.05, 3.63) is 58.1 Å². The number of nitrogens with zero attached hydrogens (tertiary/aromatic N) is 2. The number of carbonyl (C=O) groups is 3. The van der Waals surface area contributed by atoms with Crippen LogP contribution in [0.25, 0.3) is 0 Å². The fraction of sp³-hybridized carbons (Fsp3) is 0.409. The molecule has 1 N–H and O–H groups in total. The van der Waals surface area contributed by atoms with Crippen LogP contribution in [0.2, 0.25) is 0 Å². The zero-order valence-corrected chi connectivity index (χ0v) is 19.9. The first-order valence-electron chi connectivity index (χ1n) is 10.3. The fourth-order valence-electron chi connectivity index (χ4n) is 3.40. The third kappa shape index (κ3) is 5.85. The Kier molecular flexibility index (Phi) is 7.98. The van der Waals surface area contributed by atoms with Crippen LogP contribution < -0.4 is 11.0 Å². The van der Waals surface area contributed by atoms with Gasteiger partial charge in [-0.05, 0) is 18.6 Å². The number of alkyl halides is 1. The molecule has 10 nitrogen and oxygen atoms in total. The van der Waals surface area contributed by atoms with E-state index in [0.717, 1.165) is 0 Å². The first kappa shape index (κ1) is 24.6. The van der Waals surface area contributed by atoms with Gasteiger partial charge in [0.2, 0.25) is 0 Å². The molecule has 0 spiro atoms. The molecule has 0 radical (unpaired) electrons. The Morgan fingerprint density at radius 3 is 2.48 bits per heavy atom. The minimum atomic E-state index is -1.01. The van der Waals surface area contributed by atoms with E-state index in [2.05, 4.69) is 26.2 Å². The van der Waals surface area contributed by atoms with Gasteiger partial charge in [-0.15, -0.1) is 0 Å². The van der Waals surface area contributed by atoms with E-state index in [4.69, 9.17) is 14.2 Å². The third-order valence-electron chi connectivity index (χ3n) is 4.97. The second kappa shape index (κ2) is 10.7. The summed E-state index contributed by atoms with van der Waals surface area (Å²) in [5, 5.41) is 2.67. The molecule has 33 heavy (non-hydrogen) atoms. The highest BCUT2D eigenvalue weighted by Gasteiger charge is 2.47. The summed E-state index contributed by atoms with van der Waals surface area (Å²) >= 11 is 3.43. The second-order valence-electron chi connectivity index (χ2n) is 7.36. The molecule has 1 fully saturated rings. The van der Waals surface area contributed by atoms with E-state index in [1.54, 1.807) is 30.3 Å². The Morgan fingerprint density at radius 1 is 1.18 bits per heavy atom. The van der Waals surface area contributed by atoms with Crippen molar-refractivity contribution in [2.45, 2.75) is 50.5 Å². The summed E-state index contributed by atoms with van der Waals surface area (Å²) in [6.45, 7) is 4.27. The first-order chi connectivity index (χ1) is 15.7. The van der Waals surface area contributed by atoms with Crippen molar-refractivity contribution in [1.82, 2.24) is 9.55 Å². The molecule has 0 unspecified atom stereocenters. The van der Waals surface area contributed by atoms with Crippen LogP contribution in [-0.4, -0.2) is 51.0 Å². The van der Waals surface area contributed by atoms with Crippen LogP contribution in [0.4, 0.5) is 5.82 Å². The molecular weight excluding hydrogens is 498 g/mol. The molecule has 0 bridgehead atoms. The minimum absolute atomic E-state index is 0.0897. The molecule has 1 saturated heterocycles. The van der Waals surface area contributed by atoms with Gasteiger partial charge in [-0.2, -0.15) is 4.98 Å². The maximum atomic E-state index is 12.9. The highest BCUT2D eigenvalue weighted by Crippen LogP contribution is 2.36. The number of esters is 2. The molecule has 11 heteroatoms. The Bertz CT molecular complexity index is 1090. The number of aryl methyl sites for hydroxylation is 1. The van der Waals surface area contributed by atoms with Gasteiger partial charge >= 0.3 is 17.6 Å². The SMILES string of the molecule is CCc1cn([C@@H]2O[C@H](COC(C)=O)[C@H](Br)[C@H]2OC(C)=O)c(=O)nc1NC(=O)c1ccccc1. The Hall–Kier alpha value is -3.05. The molecule has 1 aliphatic heterocycles. The van der Waals surface area contributed by atoms with Crippen molar-refractivity contribution < 1.29 is 28.6 Å². The summed E-state index contributed by atoms with van der Waals surface area (Å²) in [6.07, 6.45) is -0.583. The van der Waals surface area contributed by atoms with Gasteiger partial charge in [-0.25, -0.2) is 4.79 Å². The van der Waals surface area contributed by atoms with Crippen LogP contribution in [0.1, 0.15) is 42.9 Å². The number of rotatable bonds is 7. The van der Waals surface area contributed by atoms with Crippen molar-refractivity contribution in [2.24, 2.45) is 0 Å². The largest absolute Gasteiger partial charge is 0.463 e. The molecule has 3 rings (SSSR count). The lowest BCUT2D eigenvalue weighted by atomic mass is 10.1. The van der Waals surface area contributed by atoms with Gasteiger partial charge in [-0.1, -0.05) is 41.1 Å². The average Bonchev–Trinajstić information content (AvgIpc) is 3.07. The summed E-state index contributed by atoms with van der Waals surface area (Å²) in [5.74, 6) is -1.31. The van der Waals surface area contributed by atoms with Gasteiger partial charge in [0.25, 0.3) is 5.91 Å². The minimum Gasteiger partial charge on any atom is -0.463 e. The van der Waals surface area contributed by atoms with Crippen molar-refractivity contribution >= 4 is 39.6 Å². The van der Waals surface area contributed by atoms with E-state index in [-0.39, 0.29) is 12.4 Å². The van der Waals surface area contributed by atoms with Gasteiger partial charge in [0.05, 0.1) is 4.83 Å². The Balaban J connectivity index is 1.91. The van der Waals surface area contributed by atoms with E-state index < -0.39 is 46.8 Å². The Morgan fingerprint density at radius 2 is 1.88 bits per heavy atom. The first-order valence-corrected chi connectivity index (χ1v) is 11.2. The highest BCUT2D eigenvalue weighted by molar-refractivity contribution is 9.09. The summed E-state index contributed by atoms with van der Waals surface area (Å²) in [4.78, 5) is 51.8. The molecular formula is C22H24BrN3O7. The van der Waals surface area contributed by atoms with Crippen molar-refractivity contribution in [3.8, 4) is 0 Å². The van der Waals surface area contributed by atoms with Gasteiger partial charge in [0.15, 0.2) is 12.3 Å². The van der Waals surface area contributed by atoms with Crippen LogP contribution >= 0.6 is 15.9 Å². The molecule has 1 aromatic carbocycles. The third-order valence-corrected chi connectivity index (χ3v) is 6.08. The summed E-state index contributed by atoms with van der Waals surface area (Å²) in [6, 6.07) is 8.56. The lowest BCUT2D eigenvalue weighted by molar-refractivity contribution is -0.153. The predicted molar refractivity (Wildman–Crippen MR) is 121 cm³/mol.